The van der Waals surface area contributed by atoms with Crippen LogP contribution in [0.25, 0.3) is 0 Å². The van der Waals surface area contributed by atoms with E-state index in [4.69, 9.17) is 0 Å². The van der Waals surface area contributed by atoms with Gasteiger partial charge in [-0.25, -0.2) is 0 Å². The summed E-state index contributed by atoms with van der Waals surface area (Å²) in [6.07, 6.45) is 1.68. The normalized spacial score (nSPS) is 27.7. The highest BCUT2D eigenvalue weighted by Crippen LogP contribution is 2.03. The molecule has 0 spiro atoms. The molecule has 1 aliphatic rings. The predicted molar refractivity (Wildman–Crippen MR) is 43.2 cm³/mol. The van der Waals surface area contributed by atoms with E-state index in [1.54, 1.807) is 0 Å². The van der Waals surface area contributed by atoms with E-state index in [2.05, 4.69) is 31.7 Å². The molecule has 1 fully saturated rings. The van der Waals surface area contributed by atoms with Crippen molar-refractivity contribution in [3.05, 3.63) is 0 Å². The first-order chi connectivity index (χ1) is 4.33. The standard InChI is InChI=1S/C5H9IN2O/c6-8-4-1-2-7-5(9)3-4/h4,8H,1-3H2,(H,7,9)/t4-/m0/s1. The molecule has 0 aromatic carbocycles. The number of amides is 1. The highest BCUT2D eigenvalue weighted by molar-refractivity contribution is 14.1. The summed E-state index contributed by atoms with van der Waals surface area (Å²) in [7, 11) is 0. The molecule has 0 saturated carbocycles. The van der Waals surface area contributed by atoms with Crippen LogP contribution in [-0.4, -0.2) is 18.5 Å². The van der Waals surface area contributed by atoms with Gasteiger partial charge < -0.3 is 5.32 Å². The van der Waals surface area contributed by atoms with Crippen molar-refractivity contribution < 1.29 is 4.79 Å². The summed E-state index contributed by atoms with van der Waals surface area (Å²) in [5, 5.41) is 2.76. The van der Waals surface area contributed by atoms with E-state index in [9.17, 15) is 4.79 Å². The fourth-order valence-corrected chi connectivity index (χ4v) is 1.41. The van der Waals surface area contributed by atoms with Crippen molar-refractivity contribution in [3.63, 3.8) is 0 Å². The lowest BCUT2D eigenvalue weighted by atomic mass is 10.1. The Morgan fingerprint density at radius 1 is 1.78 bits per heavy atom. The molecule has 1 atom stereocenters. The molecule has 3 nitrogen and oxygen atoms in total. The van der Waals surface area contributed by atoms with Crippen molar-refractivity contribution in [3.8, 4) is 0 Å². The van der Waals surface area contributed by atoms with Crippen LogP contribution in [0.2, 0.25) is 0 Å². The maximum Gasteiger partial charge on any atom is 0.221 e. The zero-order chi connectivity index (χ0) is 6.69. The Morgan fingerprint density at radius 3 is 3.00 bits per heavy atom. The van der Waals surface area contributed by atoms with Crippen LogP contribution in [0.5, 0.6) is 0 Å². The predicted octanol–water partition coefficient (Wildman–Crippen LogP) is 0.205. The van der Waals surface area contributed by atoms with E-state index >= 15 is 0 Å². The summed E-state index contributed by atoms with van der Waals surface area (Å²) in [5.41, 5.74) is 0. The number of piperidine rings is 1. The summed E-state index contributed by atoms with van der Waals surface area (Å²) in [6.45, 7) is 0.819. The summed E-state index contributed by atoms with van der Waals surface area (Å²) in [6, 6.07) is 0.388. The quantitative estimate of drug-likeness (QED) is 0.508. The Bertz CT molecular complexity index is 118. The molecular weight excluding hydrogens is 231 g/mol. The van der Waals surface area contributed by atoms with Gasteiger partial charge >= 0.3 is 0 Å². The van der Waals surface area contributed by atoms with Crippen molar-refractivity contribution in [1.82, 2.24) is 8.85 Å². The first-order valence-electron chi connectivity index (χ1n) is 2.96. The Morgan fingerprint density at radius 2 is 2.56 bits per heavy atom. The number of rotatable bonds is 1. The number of halogens is 1. The van der Waals surface area contributed by atoms with Crippen molar-refractivity contribution in [2.24, 2.45) is 0 Å². The molecule has 4 heteroatoms. The van der Waals surface area contributed by atoms with Crippen LogP contribution in [0.4, 0.5) is 0 Å². The molecule has 1 rings (SSSR count). The zero-order valence-electron chi connectivity index (χ0n) is 4.98. The van der Waals surface area contributed by atoms with Gasteiger partial charge in [-0.1, -0.05) is 0 Å². The molecule has 0 aliphatic carbocycles. The van der Waals surface area contributed by atoms with Crippen molar-refractivity contribution >= 4 is 28.8 Å². The van der Waals surface area contributed by atoms with Gasteiger partial charge in [-0.2, -0.15) is 0 Å². The van der Waals surface area contributed by atoms with E-state index in [1.807, 2.05) is 0 Å². The molecule has 52 valence electrons. The van der Waals surface area contributed by atoms with E-state index in [0.717, 1.165) is 13.0 Å². The first kappa shape index (κ1) is 7.27. The molecule has 1 amide bonds. The molecular formula is C5H9IN2O. The second-order valence-electron chi connectivity index (χ2n) is 2.15. The highest BCUT2D eigenvalue weighted by atomic mass is 127. The average molecular weight is 240 g/mol. The first-order valence-corrected chi connectivity index (χ1v) is 4.03. The lowest BCUT2D eigenvalue weighted by Crippen LogP contribution is -2.40. The summed E-state index contributed by atoms with van der Waals surface area (Å²) in [5.74, 6) is 0.162. The van der Waals surface area contributed by atoms with Gasteiger partial charge in [0.05, 0.1) is 0 Å². The number of carbonyl (C=O) groups is 1. The van der Waals surface area contributed by atoms with Gasteiger partial charge in [-0.3, -0.25) is 8.32 Å². The number of nitrogens with one attached hydrogen (secondary N) is 2. The van der Waals surface area contributed by atoms with Crippen molar-refractivity contribution in [2.45, 2.75) is 18.9 Å². The molecule has 1 heterocycles. The second-order valence-corrected chi connectivity index (χ2v) is 2.77. The highest BCUT2D eigenvalue weighted by Gasteiger charge is 2.16. The third-order valence-corrected chi connectivity index (χ3v) is 2.28. The zero-order valence-corrected chi connectivity index (χ0v) is 7.14. The van der Waals surface area contributed by atoms with Crippen LogP contribution in [0.15, 0.2) is 0 Å². The van der Waals surface area contributed by atoms with Gasteiger partial charge in [-0.15, -0.1) is 0 Å². The topological polar surface area (TPSA) is 41.1 Å². The summed E-state index contributed by atoms with van der Waals surface area (Å²) >= 11 is 2.09. The maximum absolute atomic E-state index is 10.7. The van der Waals surface area contributed by atoms with Crippen LogP contribution < -0.4 is 8.85 Å². The molecule has 1 saturated heterocycles. The van der Waals surface area contributed by atoms with Crippen LogP contribution in [0, 0.1) is 0 Å². The smallest absolute Gasteiger partial charge is 0.221 e. The molecule has 0 aromatic heterocycles. The van der Waals surface area contributed by atoms with Gasteiger partial charge in [-0.05, 0) is 6.42 Å². The monoisotopic (exact) mass is 240 g/mol. The van der Waals surface area contributed by atoms with E-state index < -0.39 is 0 Å². The van der Waals surface area contributed by atoms with E-state index in [-0.39, 0.29) is 5.91 Å². The molecule has 9 heavy (non-hydrogen) atoms. The molecule has 2 N–H and O–H groups in total. The lowest BCUT2D eigenvalue weighted by molar-refractivity contribution is -0.122. The number of carbonyl (C=O) groups excluding carboxylic acids is 1. The Labute approximate surface area is 68.1 Å². The van der Waals surface area contributed by atoms with Gasteiger partial charge in [0.2, 0.25) is 5.91 Å². The molecule has 0 radical (unpaired) electrons. The number of hydrogen-bond acceptors (Lipinski definition) is 2. The average Bonchev–Trinajstić information content (AvgIpc) is 1.88. The van der Waals surface area contributed by atoms with E-state index in [0.29, 0.717) is 12.5 Å². The second kappa shape index (κ2) is 3.36. The summed E-state index contributed by atoms with van der Waals surface area (Å²) < 4.78 is 3.04. The van der Waals surface area contributed by atoms with Gasteiger partial charge in [0, 0.05) is 41.9 Å². The van der Waals surface area contributed by atoms with Crippen LogP contribution in [-0.2, 0) is 4.79 Å². The third kappa shape index (κ3) is 2.09. The maximum atomic E-state index is 10.7. The largest absolute Gasteiger partial charge is 0.356 e. The summed E-state index contributed by atoms with van der Waals surface area (Å²) in [4.78, 5) is 10.7. The van der Waals surface area contributed by atoms with Crippen LogP contribution in [0.3, 0.4) is 0 Å². The molecule has 1 aliphatic heterocycles. The fourth-order valence-electron chi connectivity index (χ4n) is 0.877. The van der Waals surface area contributed by atoms with Crippen LogP contribution in [0.1, 0.15) is 12.8 Å². The van der Waals surface area contributed by atoms with Crippen molar-refractivity contribution in [2.75, 3.05) is 6.54 Å². The Kier molecular flexibility index (Phi) is 2.71. The molecule has 0 bridgehead atoms. The van der Waals surface area contributed by atoms with E-state index in [1.165, 1.54) is 0 Å². The van der Waals surface area contributed by atoms with Crippen molar-refractivity contribution in [1.29, 1.82) is 0 Å². The Balaban J connectivity index is 2.32. The third-order valence-electron chi connectivity index (χ3n) is 1.40. The molecule has 0 aromatic rings. The lowest BCUT2D eigenvalue weighted by Gasteiger charge is -2.19. The Hall–Kier alpha value is 0.160. The van der Waals surface area contributed by atoms with Crippen LogP contribution >= 0.6 is 22.9 Å². The SMILES string of the molecule is O=C1C[C@@H](NI)CCN1. The van der Waals surface area contributed by atoms with Gasteiger partial charge in [0.25, 0.3) is 0 Å². The minimum absolute atomic E-state index is 0.162. The van der Waals surface area contributed by atoms with Gasteiger partial charge in [0.15, 0.2) is 0 Å². The van der Waals surface area contributed by atoms with Gasteiger partial charge in [0.1, 0.15) is 0 Å². The minimum atomic E-state index is 0.162. The fraction of sp³-hybridized carbons (Fsp3) is 0.800. The molecule has 0 unspecified atom stereocenters. The number of hydrogen-bond donors (Lipinski definition) is 2. The minimum Gasteiger partial charge on any atom is -0.356 e.